The van der Waals surface area contributed by atoms with E-state index in [1.165, 1.54) is 6.42 Å². The summed E-state index contributed by atoms with van der Waals surface area (Å²) >= 11 is 0. The average Bonchev–Trinajstić information content (AvgIpc) is 2.68. The van der Waals surface area contributed by atoms with Crippen molar-refractivity contribution >= 4 is 5.91 Å². The minimum absolute atomic E-state index is 0.361. The van der Waals surface area contributed by atoms with Crippen molar-refractivity contribution in [1.82, 2.24) is 4.90 Å². The molecule has 1 aliphatic heterocycles. The molecular formula is C18H36N2O. The molecule has 0 aromatic rings. The largest absolute Gasteiger partial charge is 0.343 e. The molecule has 1 heterocycles. The van der Waals surface area contributed by atoms with E-state index >= 15 is 0 Å². The summed E-state index contributed by atoms with van der Waals surface area (Å²) in [7, 11) is 0. The minimum atomic E-state index is 0.361. The zero-order chi connectivity index (χ0) is 15.9. The lowest BCUT2D eigenvalue weighted by Crippen LogP contribution is -2.32. The van der Waals surface area contributed by atoms with Crippen LogP contribution in [0.4, 0.5) is 0 Å². The van der Waals surface area contributed by atoms with Gasteiger partial charge in [0.15, 0.2) is 0 Å². The Morgan fingerprint density at radius 1 is 1.24 bits per heavy atom. The highest BCUT2D eigenvalue weighted by atomic mass is 16.2. The Morgan fingerprint density at radius 3 is 2.52 bits per heavy atom. The standard InChI is InChI=1S/C18H36N2O/c1-5-15(10-12-19)8-9-17(21)20-13-6-7-16(11-14-20)18(2,3)4/h15-16H,5-14,19H2,1-4H3. The van der Waals surface area contributed by atoms with Crippen LogP contribution in [0.5, 0.6) is 0 Å². The molecule has 0 aliphatic carbocycles. The fourth-order valence-electron chi connectivity index (χ4n) is 3.49. The van der Waals surface area contributed by atoms with Crippen molar-refractivity contribution in [2.24, 2.45) is 23.0 Å². The SMILES string of the molecule is CCC(CCN)CCC(=O)N1CCCC(C(C)(C)C)CC1. The van der Waals surface area contributed by atoms with Gasteiger partial charge in [0.2, 0.25) is 5.91 Å². The van der Waals surface area contributed by atoms with Crippen LogP contribution in [0.1, 0.15) is 72.6 Å². The molecule has 0 aromatic heterocycles. The van der Waals surface area contributed by atoms with Crippen LogP contribution < -0.4 is 5.73 Å². The van der Waals surface area contributed by atoms with Gasteiger partial charge in [0.05, 0.1) is 0 Å². The number of carbonyl (C=O) groups excluding carboxylic acids is 1. The summed E-state index contributed by atoms with van der Waals surface area (Å²) in [5, 5.41) is 0. The number of nitrogens with zero attached hydrogens (tertiary/aromatic N) is 1. The van der Waals surface area contributed by atoms with E-state index in [1.807, 2.05) is 0 Å². The van der Waals surface area contributed by atoms with Crippen LogP contribution in [0.3, 0.4) is 0 Å². The second kappa shape index (κ2) is 8.77. The maximum atomic E-state index is 12.4. The highest BCUT2D eigenvalue weighted by Crippen LogP contribution is 2.34. The van der Waals surface area contributed by atoms with E-state index in [0.717, 1.165) is 57.7 Å². The molecule has 1 rings (SSSR count). The predicted molar refractivity (Wildman–Crippen MR) is 90.1 cm³/mol. The molecule has 124 valence electrons. The third-order valence-electron chi connectivity index (χ3n) is 5.22. The second-order valence-corrected chi connectivity index (χ2v) is 7.76. The Bertz CT molecular complexity index is 309. The average molecular weight is 296 g/mol. The lowest BCUT2D eigenvalue weighted by molar-refractivity contribution is -0.131. The van der Waals surface area contributed by atoms with E-state index in [4.69, 9.17) is 5.73 Å². The topological polar surface area (TPSA) is 46.3 Å². The first-order chi connectivity index (χ1) is 9.88. The summed E-state index contributed by atoms with van der Waals surface area (Å²) < 4.78 is 0. The normalized spacial score (nSPS) is 22.0. The summed E-state index contributed by atoms with van der Waals surface area (Å²) in [4.78, 5) is 14.5. The Morgan fingerprint density at radius 2 is 1.95 bits per heavy atom. The van der Waals surface area contributed by atoms with Crippen molar-refractivity contribution in [1.29, 1.82) is 0 Å². The number of hydrogen-bond acceptors (Lipinski definition) is 2. The molecule has 0 radical (unpaired) electrons. The molecular weight excluding hydrogens is 260 g/mol. The number of nitrogens with two attached hydrogens (primary N) is 1. The zero-order valence-electron chi connectivity index (χ0n) is 14.7. The number of rotatable bonds is 6. The van der Waals surface area contributed by atoms with Crippen LogP contribution in [0.25, 0.3) is 0 Å². The number of carbonyl (C=O) groups is 1. The molecule has 0 spiro atoms. The Labute approximate surface area is 131 Å². The van der Waals surface area contributed by atoms with Crippen molar-refractivity contribution in [2.45, 2.75) is 72.6 Å². The van der Waals surface area contributed by atoms with Gasteiger partial charge in [-0.15, -0.1) is 0 Å². The fourth-order valence-corrected chi connectivity index (χ4v) is 3.49. The lowest BCUT2D eigenvalue weighted by Gasteiger charge is -2.29. The molecule has 3 nitrogen and oxygen atoms in total. The third kappa shape index (κ3) is 6.37. The van der Waals surface area contributed by atoms with E-state index in [-0.39, 0.29) is 0 Å². The van der Waals surface area contributed by atoms with Gasteiger partial charge < -0.3 is 10.6 Å². The van der Waals surface area contributed by atoms with E-state index in [2.05, 4.69) is 32.6 Å². The molecule has 21 heavy (non-hydrogen) atoms. The second-order valence-electron chi connectivity index (χ2n) is 7.76. The maximum Gasteiger partial charge on any atom is 0.222 e. The van der Waals surface area contributed by atoms with Gasteiger partial charge >= 0.3 is 0 Å². The molecule has 2 atom stereocenters. The van der Waals surface area contributed by atoms with Gasteiger partial charge in [0.1, 0.15) is 0 Å². The van der Waals surface area contributed by atoms with E-state index in [1.54, 1.807) is 0 Å². The molecule has 0 saturated carbocycles. The summed E-state index contributed by atoms with van der Waals surface area (Å²) in [5.41, 5.74) is 6.00. The molecule has 0 aromatic carbocycles. The molecule has 1 aliphatic rings. The van der Waals surface area contributed by atoms with Gasteiger partial charge in [-0.25, -0.2) is 0 Å². The Balaban J connectivity index is 2.41. The summed E-state index contributed by atoms with van der Waals surface area (Å²) in [5.74, 6) is 1.73. The van der Waals surface area contributed by atoms with E-state index in [9.17, 15) is 4.79 Å². The quantitative estimate of drug-likeness (QED) is 0.810. The zero-order valence-corrected chi connectivity index (χ0v) is 14.7. The first kappa shape index (κ1) is 18.5. The van der Waals surface area contributed by atoms with Crippen LogP contribution in [-0.2, 0) is 4.79 Å². The van der Waals surface area contributed by atoms with Crippen molar-refractivity contribution in [2.75, 3.05) is 19.6 Å². The molecule has 0 bridgehead atoms. The van der Waals surface area contributed by atoms with Crippen molar-refractivity contribution in [3.63, 3.8) is 0 Å². The number of likely N-dealkylation sites (tertiary alicyclic amines) is 1. The first-order valence-corrected chi connectivity index (χ1v) is 8.86. The Kier molecular flexibility index (Phi) is 7.72. The van der Waals surface area contributed by atoms with Gasteiger partial charge in [-0.05, 0) is 55.9 Å². The van der Waals surface area contributed by atoms with E-state index in [0.29, 0.717) is 23.7 Å². The molecule has 2 unspecified atom stereocenters. The van der Waals surface area contributed by atoms with Crippen molar-refractivity contribution in [3.05, 3.63) is 0 Å². The van der Waals surface area contributed by atoms with Gasteiger partial charge in [0, 0.05) is 19.5 Å². The molecule has 1 fully saturated rings. The highest BCUT2D eigenvalue weighted by Gasteiger charge is 2.28. The van der Waals surface area contributed by atoms with E-state index < -0.39 is 0 Å². The molecule has 3 heteroatoms. The molecule has 1 saturated heterocycles. The van der Waals surface area contributed by atoms with Crippen LogP contribution >= 0.6 is 0 Å². The summed E-state index contributed by atoms with van der Waals surface area (Å²) in [6.45, 7) is 11.8. The van der Waals surface area contributed by atoms with Crippen LogP contribution in [0, 0.1) is 17.3 Å². The van der Waals surface area contributed by atoms with Gasteiger partial charge in [0.25, 0.3) is 0 Å². The van der Waals surface area contributed by atoms with Crippen LogP contribution in [0.15, 0.2) is 0 Å². The van der Waals surface area contributed by atoms with Gasteiger partial charge in [-0.1, -0.05) is 34.1 Å². The maximum absolute atomic E-state index is 12.4. The van der Waals surface area contributed by atoms with Crippen molar-refractivity contribution in [3.8, 4) is 0 Å². The fraction of sp³-hybridized carbons (Fsp3) is 0.944. The third-order valence-corrected chi connectivity index (χ3v) is 5.22. The first-order valence-electron chi connectivity index (χ1n) is 8.86. The summed E-state index contributed by atoms with van der Waals surface area (Å²) in [6, 6.07) is 0. The highest BCUT2D eigenvalue weighted by molar-refractivity contribution is 5.76. The Hall–Kier alpha value is -0.570. The van der Waals surface area contributed by atoms with Gasteiger partial charge in [-0.3, -0.25) is 4.79 Å². The van der Waals surface area contributed by atoms with Crippen molar-refractivity contribution < 1.29 is 4.79 Å². The van der Waals surface area contributed by atoms with Crippen LogP contribution in [-0.4, -0.2) is 30.4 Å². The smallest absolute Gasteiger partial charge is 0.222 e. The van der Waals surface area contributed by atoms with Crippen LogP contribution in [0.2, 0.25) is 0 Å². The number of amides is 1. The summed E-state index contributed by atoms with van der Waals surface area (Å²) in [6.07, 6.45) is 7.48. The van der Waals surface area contributed by atoms with Gasteiger partial charge in [-0.2, -0.15) is 0 Å². The number of hydrogen-bond donors (Lipinski definition) is 1. The molecule has 1 amide bonds. The lowest BCUT2D eigenvalue weighted by atomic mass is 9.77. The molecule has 2 N–H and O–H groups in total. The predicted octanol–water partition coefficient (Wildman–Crippen LogP) is 3.82. The monoisotopic (exact) mass is 296 g/mol. The minimum Gasteiger partial charge on any atom is -0.343 e.